The molecule has 0 heterocycles. The molecule has 6 heteroatoms. The lowest BCUT2D eigenvalue weighted by Crippen LogP contribution is -2.55. The smallest absolute Gasteiger partial charge is 0.250 e. The van der Waals surface area contributed by atoms with Gasteiger partial charge in [0.1, 0.15) is 11.9 Å². The normalized spacial score (nSPS) is 36.2. The molecule has 0 radical (unpaired) electrons. The number of hydrogen-bond donors (Lipinski definition) is 1. The fraction of sp³-hybridized carbons (Fsp3) is 0.800. The van der Waals surface area contributed by atoms with Gasteiger partial charge in [0, 0.05) is 17.2 Å². The van der Waals surface area contributed by atoms with Crippen LogP contribution in [0.3, 0.4) is 0 Å². The molecule has 3 aliphatic carbocycles. The van der Waals surface area contributed by atoms with Gasteiger partial charge in [-0.15, -0.1) is 11.6 Å². The minimum absolute atomic E-state index is 0.0690. The van der Waals surface area contributed by atoms with E-state index in [1.165, 1.54) is 0 Å². The van der Waals surface area contributed by atoms with Crippen molar-refractivity contribution in [1.82, 2.24) is 0 Å². The van der Waals surface area contributed by atoms with E-state index in [1.807, 2.05) is 13.0 Å². The van der Waals surface area contributed by atoms with E-state index in [9.17, 15) is 5.11 Å². The van der Waals surface area contributed by atoms with Crippen LogP contribution in [0.15, 0.2) is 12.1 Å². The highest BCUT2D eigenvalue weighted by Gasteiger charge is 2.64. The average Bonchev–Trinajstić information content (AvgIpc) is 3.00. The predicted molar refractivity (Wildman–Crippen MR) is 153 cm³/mol. The second-order valence-corrected chi connectivity index (χ2v) is 19.5. The highest BCUT2D eigenvalue weighted by atomic mass is 35.5. The van der Waals surface area contributed by atoms with E-state index in [1.54, 1.807) is 0 Å². The van der Waals surface area contributed by atoms with Crippen molar-refractivity contribution >= 4 is 31.5 Å². The van der Waals surface area contributed by atoms with Crippen LogP contribution in [0.2, 0.25) is 23.2 Å². The topological polar surface area (TPSA) is 29.5 Å². The van der Waals surface area contributed by atoms with Gasteiger partial charge in [-0.25, -0.2) is 4.39 Å². The van der Waals surface area contributed by atoms with Crippen LogP contribution in [-0.4, -0.2) is 31.1 Å². The summed E-state index contributed by atoms with van der Waals surface area (Å²) in [5.41, 5.74) is 1.00. The van der Waals surface area contributed by atoms with E-state index < -0.39 is 20.1 Å². The number of alkyl halides is 2. The summed E-state index contributed by atoms with van der Waals surface area (Å²) < 4.78 is 23.0. The summed E-state index contributed by atoms with van der Waals surface area (Å²) in [6, 6.07) is 4.12. The molecule has 0 bridgehead atoms. The van der Waals surface area contributed by atoms with E-state index >= 15 is 4.39 Å². The van der Waals surface area contributed by atoms with Crippen LogP contribution in [0.1, 0.15) is 96.6 Å². The Morgan fingerprint density at radius 2 is 1.86 bits per heavy atom. The second kappa shape index (κ2) is 10.0. The van der Waals surface area contributed by atoms with Crippen LogP contribution < -0.4 is 4.43 Å². The first-order valence-electron chi connectivity index (χ1n) is 14.1. The molecule has 7 atom stereocenters. The Labute approximate surface area is 229 Å². The molecule has 36 heavy (non-hydrogen) atoms. The lowest BCUT2D eigenvalue weighted by Gasteiger charge is -2.56. The lowest BCUT2D eigenvalue weighted by atomic mass is 9.50. The van der Waals surface area contributed by atoms with Gasteiger partial charge in [-0.1, -0.05) is 58.2 Å². The monoisotopic (exact) mass is 556 g/mol. The molecule has 2 fully saturated rings. The quantitative estimate of drug-likeness (QED) is 0.206. The van der Waals surface area contributed by atoms with Crippen molar-refractivity contribution in [2.75, 3.05) is 5.88 Å². The van der Waals surface area contributed by atoms with Crippen molar-refractivity contribution in [3.05, 3.63) is 28.3 Å². The standard InChI is InChI=1S/C30H47Cl2FO2Si/c1-28(2,3)36(6,7)35-24-13-12-20-21(27(24)32)17-19(11-9-8-10-16-31)25-22-14-15-30(5,34)29(22,4)18-23(33)26(20)25/h12-13,19,22-23,25-26,34H,8-11,14-18H2,1-7H3/t19?,22?,23-,25-,26?,29-,30+/m0/s1. The Hall–Kier alpha value is -0.293. The lowest BCUT2D eigenvalue weighted by molar-refractivity contribution is -0.120. The predicted octanol–water partition coefficient (Wildman–Crippen LogP) is 9.30. The molecular weight excluding hydrogens is 510 g/mol. The zero-order valence-electron chi connectivity index (χ0n) is 23.4. The molecule has 1 N–H and O–H groups in total. The van der Waals surface area contributed by atoms with Crippen LogP contribution in [-0.2, 0) is 6.42 Å². The molecule has 0 aromatic heterocycles. The van der Waals surface area contributed by atoms with Crippen LogP contribution in [0.25, 0.3) is 0 Å². The van der Waals surface area contributed by atoms with Crippen LogP contribution in [0, 0.1) is 23.2 Å². The summed E-state index contributed by atoms with van der Waals surface area (Å²) in [6.45, 7) is 15.3. The maximum atomic E-state index is 16.3. The minimum Gasteiger partial charge on any atom is -0.542 e. The molecular formula is C30H47Cl2FO2Si. The van der Waals surface area contributed by atoms with Gasteiger partial charge in [0.15, 0.2) is 0 Å². The van der Waals surface area contributed by atoms with Crippen LogP contribution in [0.5, 0.6) is 5.75 Å². The van der Waals surface area contributed by atoms with Crippen molar-refractivity contribution in [2.45, 2.75) is 122 Å². The summed E-state index contributed by atoms with van der Waals surface area (Å²) in [4.78, 5) is 0. The Bertz CT molecular complexity index is 959. The third-order valence-electron chi connectivity index (χ3n) is 10.9. The highest BCUT2D eigenvalue weighted by Crippen LogP contribution is 2.66. The zero-order valence-corrected chi connectivity index (χ0v) is 25.9. The first-order chi connectivity index (χ1) is 16.6. The maximum absolute atomic E-state index is 16.3. The largest absolute Gasteiger partial charge is 0.542 e. The number of benzene rings is 1. The Morgan fingerprint density at radius 3 is 2.50 bits per heavy atom. The molecule has 0 aliphatic heterocycles. The molecule has 0 amide bonds. The Balaban J connectivity index is 1.74. The number of fused-ring (bicyclic) bond motifs is 5. The number of rotatable bonds is 7. The summed E-state index contributed by atoms with van der Waals surface area (Å²) in [7, 11) is -2.06. The van der Waals surface area contributed by atoms with Gasteiger partial charge < -0.3 is 9.53 Å². The third-order valence-corrected chi connectivity index (χ3v) is 15.9. The number of halogens is 3. The minimum atomic E-state index is -2.06. The van der Waals surface area contributed by atoms with Crippen molar-refractivity contribution in [1.29, 1.82) is 0 Å². The van der Waals surface area contributed by atoms with Crippen molar-refractivity contribution in [3.63, 3.8) is 0 Å². The average molecular weight is 558 g/mol. The van der Waals surface area contributed by atoms with Gasteiger partial charge in [-0.05, 0) is 98.5 Å². The first-order valence-corrected chi connectivity index (χ1v) is 17.9. The van der Waals surface area contributed by atoms with Crippen LogP contribution in [0.4, 0.5) is 4.39 Å². The van der Waals surface area contributed by atoms with E-state index in [-0.39, 0.29) is 22.3 Å². The molecule has 4 rings (SSSR count). The Kier molecular flexibility index (Phi) is 8.00. The molecule has 2 saturated carbocycles. The molecule has 3 unspecified atom stereocenters. The molecule has 2 nitrogen and oxygen atoms in total. The van der Waals surface area contributed by atoms with Gasteiger partial charge in [-0.3, -0.25) is 0 Å². The molecule has 0 spiro atoms. The Morgan fingerprint density at radius 1 is 1.17 bits per heavy atom. The third kappa shape index (κ3) is 4.80. The van der Waals surface area contributed by atoms with Crippen LogP contribution >= 0.6 is 23.2 Å². The van der Waals surface area contributed by atoms with Gasteiger partial charge in [0.2, 0.25) is 0 Å². The summed E-state index contributed by atoms with van der Waals surface area (Å²) in [5, 5.41) is 12.1. The zero-order chi connectivity index (χ0) is 26.7. The first kappa shape index (κ1) is 28.7. The molecule has 3 aliphatic rings. The van der Waals surface area contributed by atoms with Gasteiger partial charge in [-0.2, -0.15) is 0 Å². The van der Waals surface area contributed by atoms with Gasteiger partial charge in [0.25, 0.3) is 8.32 Å². The van der Waals surface area contributed by atoms with Crippen molar-refractivity contribution in [2.24, 2.45) is 23.2 Å². The van der Waals surface area contributed by atoms with E-state index in [2.05, 4.69) is 46.9 Å². The van der Waals surface area contributed by atoms with E-state index in [0.717, 1.165) is 61.8 Å². The van der Waals surface area contributed by atoms with Crippen molar-refractivity contribution < 1.29 is 13.9 Å². The van der Waals surface area contributed by atoms with Gasteiger partial charge >= 0.3 is 0 Å². The fourth-order valence-electron chi connectivity index (χ4n) is 7.49. The number of unbranched alkanes of at least 4 members (excludes halogenated alkanes) is 2. The summed E-state index contributed by atoms with van der Waals surface area (Å²) in [6.07, 6.45) is 6.33. The maximum Gasteiger partial charge on any atom is 0.250 e. The fourth-order valence-corrected chi connectivity index (χ4v) is 9.06. The summed E-state index contributed by atoms with van der Waals surface area (Å²) in [5.74, 6) is 2.22. The van der Waals surface area contributed by atoms with E-state index in [4.69, 9.17) is 27.6 Å². The molecule has 1 aromatic carbocycles. The number of hydrogen-bond acceptors (Lipinski definition) is 2. The second-order valence-electron chi connectivity index (χ2n) is 14.0. The number of aliphatic hydroxyl groups is 1. The summed E-state index contributed by atoms with van der Waals surface area (Å²) >= 11 is 13.1. The molecule has 204 valence electrons. The van der Waals surface area contributed by atoms with E-state index in [0.29, 0.717) is 29.2 Å². The van der Waals surface area contributed by atoms with Crippen molar-refractivity contribution in [3.8, 4) is 5.75 Å². The van der Waals surface area contributed by atoms with Gasteiger partial charge in [0.05, 0.1) is 10.6 Å². The highest BCUT2D eigenvalue weighted by molar-refractivity contribution is 6.74. The molecule has 0 saturated heterocycles. The SMILES string of the molecule is CC(C)(C)[Si](C)(C)Oc1ccc2c(c1Cl)CC(CCCCCCl)[C@@H]1C2[C@@H](F)C[C@@]2(C)C1CC[C@@]2(C)O. The molecule has 1 aromatic rings.